The highest BCUT2D eigenvalue weighted by Crippen LogP contribution is 2.41. The van der Waals surface area contributed by atoms with E-state index in [-0.39, 0.29) is 11.7 Å². The molecule has 1 spiro atoms. The summed E-state index contributed by atoms with van der Waals surface area (Å²) in [6, 6.07) is 11.1. The van der Waals surface area contributed by atoms with Crippen LogP contribution in [0.25, 0.3) is 0 Å². The molecule has 2 aromatic rings. The summed E-state index contributed by atoms with van der Waals surface area (Å²) in [5.41, 5.74) is 2.22. The molecule has 0 aromatic heterocycles. The Hall–Kier alpha value is -3.02. The summed E-state index contributed by atoms with van der Waals surface area (Å²) < 4.78 is 17.4. The lowest BCUT2D eigenvalue weighted by Gasteiger charge is -2.44. The van der Waals surface area contributed by atoms with Crippen LogP contribution in [-0.2, 0) is 4.79 Å². The Kier molecular flexibility index (Phi) is 5.65. The predicted octanol–water partition coefficient (Wildman–Crippen LogP) is 4.11. The van der Waals surface area contributed by atoms with E-state index in [0.717, 1.165) is 16.9 Å². The quantitative estimate of drug-likeness (QED) is 0.741. The number of aryl methyl sites for hydroxylation is 2. The van der Waals surface area contributed by atoms with Crippen molar-refractivity contribution in [2.45, 2.75) is 51.7 Å². The fourth-order valence-corrected chi connectivity index (χ4v) is 4.60. The van der Waals surface area contributed by atoms with Gasteiger partial charge in [-0.15, -0.1) is 0 Å². The van der Waals surface area contributed by atoms with E-state index in [1.54, 1.807) is 38.3 Å². The minimum absolute atomic E-state index is 0.0557. The van der Waals surface area contributed by atoms with Gasteiger partial charge in [-0.25, -0.2) is 0 Å². The van der Waals surface area contributed by atoms with Gasteiger partial charge >= 0.3 is 0 Å². The maximum Gasteiger partial charge on any atom is 0.263 e. The number of fused-ring (bicyclic) bond motifs is 1. The number of Topliss-reactive ketones (excluding diaryl/α,β-unsaturated/α-hetero) is 1. The zero-order chi connectivity index (χ0) is 22.2. The van der Waals surface area contributed by atoms with Crippen molar-refractivity contribution in [1.29, 1.82) is 0 Å². The zero-order valence-corrected chi connectivity index (χ0v) is 18.6. The maximum atomic E-state index is 12.9. The molecule has 0 saturated carbocycles. The Bertz CT molecular complexity index is 990. The number of ether oxygens (including phenoxy) is 3. The zero-order valence-electron chi connectivity index (χ0n) is 18.6. The van der Waals surface area contributed by atoms with E-state index in [4.69, 9.17) is 14.2 Å². The van der Waals surface area contributed by atoms with Crippen molar-refractivity contribution in [2.75, 3.05) is 20.2 Å². The van der Waals surface area contributed by atoms with Crippen LogP contribution >= 0.6 is 0 Å². The molecule has 2 aromatic carbocycles. The number of benzene rings is 2. The number of nitrogens with zero attached hydrogens (tertiary/aromatic N) is 1. The predicted molar refractivity (Wildman–Crippen MR) is 117 cm³/mol. The van der Waals surface area contributed by atoms with Gasteiger partial charge in [-0.1, -0.05) is 6.07 Å². The monoisotopic (exact) mass is 423 g/mol. The average Bonchev–Trinajstić information content (AvgIpc) is 2.73. The number of hydrogen-bond donors (Lipinski definition) is 0. The second kappa shape index (κ2) is 8.25. The number of amides is 1. The molecule has 6 heteroatoms. The van der Waals surface area contributed by atoms with Crippen molar-refractivity contribution in [3.8, 4) is 17.2 Å². The number of methoxy groups -OCH3 is 1. The van der Waals surface area contributed by atoms with Crippen molar-refractivity contribution in [3.05, 3.63) is 53.1 Å². The maximum absolute atomic E-state index is 12.9. The van der Waals surface area contributed by atoms with Gasteiger partial charge in [0.2, 0.25) is 0 Å². The lowest BCUT2D eigenvalue weighted by molar-refractivity contribution is -0.141. The van der Waals surface area contributed by atoms with Crippen molar-refractivity contribution in [1.82, 2.24) is 4.90 Å². The van der Waals surface area contributed by atoms with E-state index >= 15 is 0 Å². The summed E-state index contributed by atoms with van der Waals surface area (Å²) in [5.74, 6) is 2.12. The largest absolute Gasteiger partial charge is 0.497 e. The van der Waals surface area contributed by atoms with Crippen LogP contribution in [0, 0.1) is 13.8 Å². The van der Waals surface area contributed by atoms with E-state index in [9.17, 15) is 9.59 Å². The molecule has 4 rings (SSSR count). The van der Waals surface area contributed by atoms with Gasteiger partial charge in [0, 0.05) is 25.9 Å². The number of carbonyl (C=O) groups excluding carboxylic acids is 2. The molecule has 1 amide bonds. The molecule has 2 heterocycles. The van der Waals surface area contributed by atoms with Crippen LogP contribution in [0.4, 0.5) is 0 Å². The van der Waals surface area contributed by atoms with Crippen LogP contribution in [0.1, 0.15) is 47.7 Å². The second-order valence-electron chi connectivity index (χ2n) is 8.60. The molecule has 0 aliphatic carbocycles. The van der Waals surface area contributed by atoms with Gasteiger partial charge in [0.15, 0.2) is 11.9 Å². The molecule has 1 saturated heterocycles. The van der Waals surface area contributed by atoms with Gasteiger partial charge in [0.25, 0.3) is 5.91 Å². The first kappa shape index (κ1) is 21.2. The minimum Gasteiger partial charge on any atom is -0.497 e. The molecule has 2 aliphatic heterocycles. The lowest BCUT2D eigenvalue weighted by Crippen LogP contribution is -2.54. The summed E-state index contributed by atoms with van der Waals surface area (Å²) in [6.07, 6.45) is 1.03. The first-order valence-corrected chi connectivity index (χ1v) is 10.7. The van der Waals surface area contributed by atoms with Gasteiger partial charge in [-0.05, 0) is 62.2 Å². The summed E-state index contributed by atoms with van der Waals surface area (Å²) >= 11 is 0. The summed E-state index contributed by atoms with van der Waals surface area (Å²) in [7, 11) is 1.61. The van der Waals surface area contributed by atoms with E-state index < -0.39 is 11.7 Å². The fraction of sp³-hybridized carbons (Fsp3) is 0.440. The molecule has 31 heavy (non-hydrogen) atoms. The van der Waals surface area contributed by atoms with Crippen LogP contribution in [-0.4, -0.2) is 48.5 Å². The topological polar surface area (TPSA) is 65.1 Å². The van der Waals surface area contributed by atoms with Crippen molar-refractivity contribution in [2.24, 2.45) is 0 Å². The lowest BCUT2D eigenvalue weighted by atomic mass is 9.81. The molecule has 164 valence electrons. The number of rotatable bonds is 4. The van der Waals surface area contributed by atoms with Gasteiger partial charge in [0.05, 0.1) is 19.1 Å². The van der Waals surface area contributed by atoms with E-state index in [0.29, 0.717) is 49.4 Å². The summed E-state index contributed by atoms with van der Waals surface area (Å²) in [6.45, 7) is 6.81. The SMILES string of the molecule is COc1ccc(OC(C)C(=O)N2CCC3(CC2)CC(=O)c2c(C)cc(C)cc2O3)cc1. The molecule has 2 aliphatic rings. The number of carbonyl (C=O) groups is 2. The third-order valence-corrected chi connectivity index (χ3v) is 6.24. The molecular formula is C25H29NO5. The average molecular weight is 424 g/mol. The highest BCUT2D eigenvalue weighted by molar-refractivity contribution is 6.01. The fourth-order valence-electron chi connectivity index (χ4n) is 4.60. The Morgan fingerprint density at radius 1 is 1.10 bits per heavy atom. The van der Waals surface area contributed by atoms with E-state index in [1.165, 1.54) is 0 Å². The minimum atomic E-state index is -0.595. The van der Waals surface area contributed by atoms with Crippen LogP contribution in [0.3, 0.4) is 0 Å². The van der Waals surface area contributed by atoms with E-state index in [2.05, 4.69) is 0 Å². The third kappa shape index (κ3) is 4.24. The number of ketones is 1. The molecule has 1 unspecified atom stereocenters. The second-order valence-corrected chi connectivity index (χ2v) is 8.60. The van der Waals surface area contributed by atoms with E-state index in [1.807, 2.05) is 30.9 Å². The Balaban J connectivity index is 1.39. The molecule has 6 nitrogen and oxygen atoms in total. The van der Waals surface area contributed by atoms with Gasteiger partial charge in [0.1, 0.15) is 22.8 Å². The van der Waals surface area contributed by atoms with Crippen LogP contribution < -0.4 is 14.2 Å². The highest BCUT2D eigenvalue weighted by atomic mass is 16.5. The Morgan fingerprint density at radius 3 is 2.39 bits per heavy atom. The first-order valence-electron chi connectivity index (χ1n) is 10.7. The summed E-state index contributed by atoms with van der Waals surface area (Å²) in [5, 5.41) is 0. The van der Waals surface area contributed by atoms with Gasteiger partial charge in [-0.3, -0.25) is 9.59 Å². The van der Waals surface area contributed by atoms with Crippen molar-refractivity contribution < 1.29 is 23.8 Å². The Labute approximate surface area is 183 Å². The van der Waals surface area contributed by atoms with Crippen LogP contribution in [0.5, 0.6) is 17.2 Å². The molecule has 0 N–H and O–H groups in total. The number of piperidine rings is 1. The molecular weight excluding hydrogens is 394 g/mol. The third-order valence-electron chi connectivity index (χ3n) is 6.24. The van der Waals surface area contributed by atoms with Gasteiger partial charge in [-0.2, -0.15) is 0 Å². The standard InChI is InChI=1S/C25H29NO5/c1-16-13-17(2)23-21(27)15-25(31-22(23)14-16)9-11-26(12-10-25)24(28)18(3)30-20-7-5-19(29-4)6-8-20/h5-8,13-14,18H,9-12,15H2,1-4H3. The molecule has 0 radical (unpaired) electrons. The van der Waals surface area contributed by atoms with Crippen molar-refractivity contribution >= 4 is 11.7 Å². The highest BCUT2D eigenvalue weighted by Gasteiger charge is 2.44. The van der Waals surface area contributed by atoms with Crippen LogP contribution in [0.15, 0.2) is 36.4 Å². The first-order chi connectivity index (χ1) is 14.8. The molecule has 1 atom stereocenters. The van der Waals surface area contributed by atoms with Crippen molar-refractivity contribution in [3.63, 3.8) is 0 Å². The smallest absolute Gasteiger partial charge is 0.263 e. The number of likely N-dealkylation sites (tertiary alicyclic amines) is 1. The molecule has 0 bridgehead atoms. The number of hydrogen-bond acceptors (Lipinski definition) is 5. The summed E-state index contributed by atoms with van der Waals surface area (Å²) in [4.78, 5) is 27.6. The van der Waals surface area contributed by atoms with Crippen LogP contribution in [0.2, 0.25) is 0 Å². The van der Waals surface area contributed by atoms with Gasteiger partial charge < -0.3 is 19.1 Å². The Morgan fingerprint density at radius 2 is 1.74 bits per heavy atom. The molecule has 1 fully saturated rings. The normalized spacial score (nSPS) is 18.2.